The van der Waals surface area contributed by atoms with Crippen molar-refractivity contribution in [1.82, 2.24) is 0 Å². The summed E-state index contributed by atoms with van der Waals surface area (Å²) in [7, 11) is 0. The fourth-order valence-corrected chi connectivity index (χ4v) is 2.35. The van der Waals surface area contributed by atoms with Gasteiger partial charge in [0.25, 0.3) is 0 Å². The van der Waals surface area contributed by atoms with Crippen molar-refractivity contribution >= 4 is 23.2 Å². The van der Waals surface area contributed by atoms with Crippen LogP contribution in [0, 0.1) is 11.6 Å². The zero-order valence-electron chi connectivity index (χ0n) is 9.84. The summed E-state index contributed by atoms with van der Waals surface area (Å²) in [6, 6.07) is 7.70. The Labute approximate surface area is 119 Å². The Kier molecular flexibility index (Phi) is 4.40. The summed E-state index contributed by atoms with van der Waals surface area (Å²) in [4.78, 5) is 0. The molecule has 2 aromatic carbocycles. The van der Waals surface area contributed by atoms with Crippen LogP contribution in [0.25, 0.3) is 0 Å². The van der Waals surface area contributed by atoms with Crippen molar-refractivity contribution in [3.8, 4) is 0 Å². The van der Waals surface area contributed by atoms with Crippen molar-refractivity contribution in [3.05, 3.63) is 69.2 Å². The minimum absolute atomic E-state index is 0.148. The molecular weight excluding hydrogens is 291 g/mol. The number of rotatable bonds is 3. The van der Waals surface area contributed by atoms with E-state index in [0.717, 1.165) is 0 Å². The van der Waals surface area contributed by atoms with E-state index < -0.39 is 17.7 Å². The third-order valence-electron chi connectivity index (χ3n) is 2.84. The first-order valence-electron chi connectivity index (χ1n) is 5.62. The molecule has 0 bridgehead atoms. The van der Waals surface area contributed by atoms with Crippen molar-refractivity contribution in [2.45, 2.75) is 12.5 Å². The SMILES string of the molecule is NC(Cc1c(F)cccc1Cl)c1cc(F)ccc1Cl. The van der Waals surface area contributed by atoms with Gasteiger partial charge in [-0.3, -0.25) is 0 Å². The Morgan fingerprint density at radius 2 is 1.79 bits per heavy atom. The molecule has 0 aliphatic heterocycles. The van der Waals surface area contributed by atoms with E-state index in [0.29, 0.717) is 21.2 Å². The Morgan fingerprint density at radius 3 is 2.47 bits per heavy atom. The molecule has 1 unspecified atom stereocenters. The first-order chi connectivity index (χ1) is 8.99. The molecule has 0 saturated heterocycles. The molecule has 0 aliphatic rings. The van der Waals surface area contributed by atoms with E-state index in [9.17, 15) is 8.78 Å². The van der Waals surface area contributed by atoms with E-state index >= 15 is 0 Å². The van der Waals surface area contributed by atoms with Gasteiger partial charge >= 0.3 is 0 Å². The minimum Gasteiger partial charge on any atom is -0.324 e. The largest absolute Gasteiger partial charge is 0.324 e. The molecule has 0 amide bonds. The van der Waals surface area contributed by atoms with Crippen LogP contribution in [0.3, 0.4) is 0 Å². The molecule has 0 heterocycles. The minimum atomic E-state index is -0.627. The second-order valence-corrected chi connectivity index (χ2v) is 4.99. The van der Waals surface area contributed by atoms with Crippen LogP contribution in [-0.4, -0.2) is 0 Å². The lowest BCUT2D eigenvalue weighted by Gasteiger charge is -2.15. The smallest absolute Gasteiger partial charge is 0.127 e. The second kappa shape index (κ2) is 5.87. The van der Waals surface area contributed by atoms with Gasteiger partial charge in [0.1, 0.15) is 11.6 Å². The summed E-state index contributed by atoms with van der Waals surface area (Å²) in [6.07, 6.45) is 0.148. The molecule has 0 radical (unpaired) electrons. The summed E-state index contributed by atoms with van der Waals surface area (Å²) >= 11 is 11.9. The molecule has 0 fully saturated rings. The van der Waals surface area contributed by atoms with Crippen molar-refractivity contribution in [3.63, 3.8) is 0 Å². The van der Waals surface area contributed by atoms with Crippen molar-refractivity contribution in [2.75, 3.05) is 0 Å². The van der Waals surface area contributed by atoms with Crippen LogP contribution in [0.1, 0.15) is 17.2 Å². The van der Waals surface area contributed by atoms with Gasteiger partial charge in [0.05, 0.1) is 0 Å². The van der Waals surface area contributed by atoms with E-state index in [4.69, 9.17) is 28.9 Å². The molecule has 19 heavy (non-hydrogen) atoms. The highest BCUT2D eigenvalue weighted by Gasteiger charge is 2.16. The van der Waals surface area contributed by atoms with Crippen LogP contribution in [0.4, 0.5) is 8.78 Å². The van der Waals surface area contributed by atoms with Gasteiger partial charge in [0, 0.05) is 21.7 Å². The molecule has 0 aromatic heterocycles. The van der Waals surface area contributed by atoms with Gasteiger partial charge in [-0.15, -0.1) is 0 Å². The predicted octanol–water partition coefficient (Wildman–Crippen LogP) is 4.51. The number of benzene rings is 2. The zero-order chi connectivity index (χ0) is 14.0. The maximum absolute atomic E-state index is 13.7. The van der Waals surface area contributed by atoms with E-state index in [1.807, 2.05) is 0 Å². The highest BCUT2D eigenvalue weighted by Crippen LogP contribution is 2.28. The lowest BCUT2D eigenvalue weighted by molar-refractivity contribution is 0.589. The van der Waals surface area contributed by atoms with E-state index in [1.165, 1.54) is 30.3 Å². The molecule has 2 aromatic rings. The average Bonchev–Trinajstić information content (AvgIpc) is 2.37. The third kappa shape index (κ3) is 3.24. The van der Waals surface area contributed by atoms with Gasteiger partial charge in [0.15, 0.2) is 0 Å². The average molecular weight is 302 g/mol. The van der Waals surface area contributed by atoms with E-state index in [2.05, 4.69) is 0 Å². The summed E-state index contributed by atoms with van der Waals surface area (Å²) in [5, 5.41) is 0.643. The maximum Gasteiger partial charge on any atom is 0.127 e. The topological polar surface area (TPSA) is 26.0 Å². The molecule has 0 aliphatic carbocycles. The summed E-state index contributed by atoms with van der Waals surface area (Å²) in [5.74, 6) is -0.870. The van der Waals surface area contributed by atoms with Crippen LogP contribution in [0.5, 0.6) is 0 Å². The first-order valence-corrected chi connectivity index (χ1v) is 6.38. The van der Waals surface area contributed by atoms with Crippen LogP contribution >= 0.6 is 23.2 Å². The summed E-state index contributed by atoms with van der Waals surface area (Å²) in [6.45, 7) is 0. The molecule has 0 saturated carbocycles. The van der Waals surface area contributed by atoms with Gasteiger partial charge in [-0.05, 0) is 42.3 Å². The van der Waals surface area contributed by atoms with Crippen LogP contribution in [0.15, 0.2) is 36.4 Å². The highest BCUT2D eigenvalue weighted by atomic mass is 35.5. The van der Waals surface area contributed by atoms with Crippen LogP contribution in [-0.2, 0) is 6.42 Å². The Bertz CT molecular complexity index is 582. The quantitative estimate of drug-likeness (QED) is 0.886. The Morgan fingerprint density at radius 1 is 1.05 bits per heavy atom. The molecule has 1 nitrogen and oxygen atoms in total. The molecule has 100 valence electrons. The van der Waals surface area contributed by atoms with Crippen LogP contribution < -0.4 is 5.73 Å². The standard InChI is InChI=1S/C14H11Cl2F2N/c15-11-2-1-3-13(18)9(11)7-14(19)10-6-8(17)4-5-12(10)16/h1-6,14H,7,19H2. The lowest BCUT2D eigenvalue weighted by Crippen LogP contribution is -2.15. The second-order valence-electron chi connectivity index (χ2n) is 4.18. The van der Waals surface area contributed by atoms with Crippen molar-refractivity contribution in [2.24, 2.45) is 5.73 Å². The van der Waals surface area contributed by atoms with E-state index in [1.54, 1.807) is 6.07 Å². The summed E-state index contributed by atoms with van der Waals surface area (Å²) in [5.41, 5.74) is 6.69. The number of hydrogen-bond donors (Lipinski definition) is 1. The molecule has 2 rings (SSSR count). The normalized spacial score (nSPS) is 12.5. The number of hydrogen-bond acceptors (Lipinski definition) is 1. The van der Waals surface area contributed by atoms with Crippen molar-refractivity contribution in [1.29, 1.82) is 0 Å². The van der Waals surface area contributed by atoms with Gasteiger partial charge < -0.3 is 5.73 Å². The van der Waals surface area contributed by atoms with Gasteiger partial charge in [-0.1, -0.05) is 29.3 Å². The van der Waals surface area contributed by atoms with Crippen LogP contribution in [0.2, 0.25) is 10.0 Å². The molecule has 0 spiro atoms. The Balaban J connectivity index is 2.31. The van der Waals surface area contributed by atoms with Gasteiger partial charge in [-0.25, -0.2) is 8.78 Å². The molecule has 1 atom stereocenters. The fraction of sp³-hybridized carbons (Fsp3) is 0.143. The third-order valence-corrected chi connectivity index (χ3v) is 3.54. The molecule has 5 heteroatoms. The predicted molar refractivity (Wildman–Crippen MR) is 73.5 cm³/mol. The molecular formula is C14H11Cl2F2N. The highest BCUT2D eigenvalue weighted by molar-refractivity contribution is 6.31. The maximum atomic E-state index is 13.7. The monoisotopic (exact) mass is 301 g/mol. The number of nitrogens with two attached hydrogens (primary N) is 1. The summed E-state index contributed by atoms with van der Waals surface area (Å²) < 4.78 is 26.8. The van der Waals surface area contributed by atoms with Crippen molar-refractivity contribution < 1.29 is 8.78 Å². The Hall–Kier alpha value is -1.16. The lowest BCUT2D eigenvalue weighted by atomic mass is 9.99. The van der Waals surface area contributed by atoms with E-state index in [-0.39, 0.29) is 6.42 Å². The number of halogens is 4. The van der Waals surface area contributed by atoms with Gasteiger partial charge in [0.2, 0.25) is 0 Å². The fourth-order valence-electron chi connectivity index (χ4n) is 1.86. The molecule has 2 N–H and O–H groups in total. The van der Waals surface area contributed by atoms with Gasteiger partial charge in [-0.2, -0.15) is 0 Å². The first kappa shape index (κ1) is 14.3. The zero-order valence-corrected chi connectivity index (χ0v) is 11.3.